The quantitative estimate of drug-likeness (QED) is 0.655. The topological polar surface area (TPSA) is 90.4 Å². The second-order valence-electron chi connectivity index (χ2n) is 9.83. The highest BCUT2D eigenvalue weighted by molar-refractivity contribution is 6.00. The number of likely N-dealkylation sites (N-methyl/N-ethyl adjacent to an activating group) is 1. The van der Waals surface area contributed by atoms with E-state index in [2.05, 4.69) is 0 Å². The Morgan fingerprint density at radius 2 is 1.74 bits per heavy atom. The molecule has 0 aliphatic carbocycles. The largest absolute Gasteiger partial charge is 0.396 e. The van der Waals surface area contributed by atoms with E-state index in [1.807, 2.05) is 61.6 Å². The zero-order valence-electron chi connectivity index (χ0n) is 19.6. The molecule has 1 aromatic rings. The molecule has 4 aliphatic heterocycles. The number of amides is 3. The Hall–Kier alpha value is -2.97. The van der Waals surface area contributed by atoms with Crippen LogP contribution in [0.3, 0.4) is 0 Å². The van der Waals surface area contributed by atoms with E-state index in [1.165, 1.54) is 0 Å². The van der Waals surface area contributed by atoms with E-state index in [9.17, 15) is 19.5 Å². The maximum atomic E-state index is 14.0. The van der Waals surface area contributed by atoms with Gasteiger partial charge in [-0.25, -0.2) is 0 Å². The summed E-state index contributed by atoms with van der Waals surface area (Å²) in [5.41, 5.74) is -1.25. The summed E-state index contributed by atoms with van der Waals surface area (Å²) in [6.45, 7) is 3.20. The molecule has 4 aliphatic rings. The van der Waals surface area contributed by atoms with E-state index in [4.69, 9.17) is 4.74 Å². The van der Waals surface area contributed by atoms with Crippen LogP contribution in [0.15, 0.2) is 54.6 Å². The van der Waals surface area contributed by atoms with Crippen LogP contribution in [-0.2, 0) is 25.7 Å². The maximum Gasteiger partial charge on any atom is 0.249 e. The van der Waals surface area contributed by atoms with Crippen LogP contribution in [0.25, 0.3) is 0 Å². The number of hydrogen-bond donors (Lipinski definition) is 1. The predicted octanol–water partition coefficient (Wildman–Crippen LogP) is 0.967. The third-order valence-corrected chi connectivity index (χ3v) is 7.62. The van der Waals surface area contributed by atoms with Crippen molar-refractivity contribution in [1.82, 2.24) is 14.7 Å². The monoisotopic (exact) mass is 465 g/mol. The van der Waals surface area contributed by atoms with Crippen molar-refractivity contribution < 1.29 is 24.2 Å². The SMILES string of the molecule is CN1CC=C[C@]2(C)O[C@]34C=CCN(Cc5ccccc5)C(=O)C3N(CCCO)C(=O)[C@@H]4[C@@H]2C1=O. The lowest BCUT2D eigenvalue weighted by molar-refractivity contribution is -0.152. The van der Waals surface area contributed by atoms with Gasteiger partial charge in [0.1, 0.15) is 11.6 Å². The number of aliphatic hydroxyl groups excluding tert-OH is 1. The van der Waals surface area contributed by atoms with Gasteiger partial charge in [-0.1, -0.05) is 54.6 Å². The van der Waals surface area contributed by atoms with Gasteiger partial charge in [-0.05, 0) is 18.9 Å². The van der Waals surface area contributed by atoms with Crippen molar-refractivity contribution in [3.05, 3.63) is 60.2 Å². The summed E-state index contributed by atoms with van der Waals surface area (Å²) in [5, 5.41) is 9.47. The van der Waals surface area contributed by atoms with E-state index >= 15 is 0 Å². The van der Waals surface area contributed by atoms with Gasteiger partial charge >= 0.3 is 0 Å². The van der Waals surface area contributed by atoms with E-state index in [1.54, 1.807) is 21.7 Å². The average Bonchev–Trinajstić information content (AvgIpc) is 3.10. The molecule has 8 heteroatoms. The van der Waals surface area contributed by atoms with E-state index < -0.39 is 29.1 Å². The van der Waals surface area contributed by atoms with Crippen molar-refractivity contribution >= 4 is 17.7 Å². The van der Waals surface area contributed by atoms with Gasteiger partial charge in [-0.2, -0.15) is 0 Å². The number of fused-ring (bicyclic) bond motifs is 2. The first-order valence-electron chi connectivity index (χ1n) is 11.9. The molecule has 1 unspecified atom stereocenters. The summed E-state index contributed by atoms with van der Waals surface area (Å²) in [6, 6.07) is 8.83. The maximum absolute atomic E-state index is 14.0. The Kier molecular flexibility index (Phi) is 5.61. The standard InChI is InChI=1S/C26H31N3O5/c1-25-11-6-13-27(2)22(31)19(25)20-23(32)29(15-8-16-30)21-24(33)28(14-7-12-26(20,21)34-25)17-18-9-4-3-5-10-18/h3-7,9-12,19-21,30H,8,13-17H2,1-2H3/t19-,20+,21?,25+,26+/m1/s1. The van der Waals surface area contributed by atoms with Gasteiger partial charge in [-0.3, -0.25) is 14.4 Å². The number of likely N-dealkylation sites (tertiary alicyclic amines) is 1. The fourth-order valence-electron chi connectivity index (χ4n) is 6.12. The highest BCUT2D eigenvalue weighted by Gasteiger charge is 2.74. The molecular weight excluding hydrogens is 434 g/mol. The van der Waals surface area contributed by atoms with Crippen LogP contribution in [0.4, 0.5) is 0 Å². The number of carbonyl (C=O) groups excluding carboxylic acids is 3. The van der Waals surface area contributed by atoms with Crippen LogP contribution < -0.4 is 0 Å². The minimum atomic E-state index is -1.24. The molecule has 0 aromatic heterocycles. The zero-order valence-corrected chi connectivity index (χ0v) is 19.6. The first kappa shape index (κ1) is 22.8. The van der Waals surface area contributed by atoms with Gasteiger partial charge in [0.15, 0.2) is 0 Å². The zero-order chi connectivity index (χ0) is 24.1. The fourth-order valence-corrected chi connectivity index (χ4v) is 6.12. The number of benzene rings is 1. The molecule has 34 heavy (non-hydrogen) atoms. The molecule has 5 rings (SSSR count). The lowest BCUT2D eigenvalue weighted by Crippen LogP contribution is -2.55. The number of ether oxygens (including phenoxy) is 1. The molecule has 0 radical (unpaired) electrons. The third kappa shape index (κ3) is 3.31. The summed E-state index contributed by atoms with van der Waals surface area (Å²) in [6.07, 6.45) is 7.85. The highest BCUT2D eigenvalue weighted by Crippen LogP contribution is 2.57. The van der Waals surface area contributed by atoms with Crippen molar-refractivity contribution in [1.29, 1.82) is 0 Å². The molecule has 5 atom stereocenters. The smallest absolute Gasteiger partial charge is 0.249 e. The van der Waals surface area contributed by atoms with Gasteiger partial charge in [-0.15, -0.1) is 0 Å². The summed E-state index contributed by atoms with van der Waals surface area (Å²) < 4.78 is 6.70. The Bertz CT molecular complexity index is 1060. The first-order chi connectivity index (χ1) is 16.3. The number of hydrogen-bond acceptors (Lipinski definition) is 5. The minimum absolute atomic E-state index is 0.0989. The van der Waals surface area contributed by atoms with Gasteiger partial charge in [0.05, 0.1) is 17.4 Å². The number of carbonyl (C=O) groups is 3. The van der Waals surface area contributed by atoms with Crippen molar-refractivity contribution in [3.8, 4) is 0 Å². The van der Waals surface area contributed by atoms with Gasteiger partial charge in [0.2, 0.25) is 17.7 Å². The summed E-state index contributed by atoms with van der Waals surface area (Å²) in [4.78, 5) is 46.3. The van der Waals surface area contributed by atoms with Gasteiger partial charge < -0.3 is 24.5 Å². The lowest BCUT2D eigenvalue weighted by atomic mass is 9.74. The van der Waals surface area contributed by atoms with E-state index in [0.29, 0.717) is 26.1 Å². The van der Waals surface area contributed by atoms with Crippen LogP contribution >= 0.6 is 0 Å². The molecular formula is C26H31N3O5. The molecule has 0 saturated carbocycles. The molecule has 1 N–H and O–H groups in total. The van der Waals surface area contributed by atoms with Crippen molar-refractivity contribution in [2.75, 3.05) is 33.3 Å². The van der Waals surface area contributed by atoms with E-state index in [-0.39, 0.29) is 30.9 Å². The second kappa shape index (κ2) is 8.36. The Morgan fingerprint density at radius 1 is 1.00 bits per heavy atom. The fraction of sp³-hybridized carbons (Fsp3) is 0.500. The molecule has 180 valence electrons. The molecule has 2 saturated heterocycles. The van der Waals surface area contributed by atoms with Crippen LogP contribution in [0.5, 0.6) is 0 Å². The summed E-state index contributed by atoms with van der Waals surface area (Å²) in [7, 11) is 1.72. The normalized spacial score (nSPS) is 34.7. The molecule has 1 spiro atoms. The minimum Gasteiger partial charge on any atom is -0.396 e. The number of nitrogens with zero attached hydrogens (tertiary/aromatic N) is 3. The molecule has 3 amide bonds. The molecule has 0 bridgehead atoms. The summed E-state index contributed by atoms with van der Waals surface area (Å²) in [5.74, 6) is -2.16. The van der Waals surface area contributed by atoms with Gasteiger partial charge in [0, 0.05) is 39.8 Å². The van der Waals surface area contributed by atoms with Crippen molar-refractivity contribution in [2.45, 2.75) is 37.1 Å². The lowest BCUT2D eigenvalue weighted by Gasteiger charge is -2.37. The Morgan fingerprint density at radius 3 is 2.47 bits per heavy atom. The number of aliphatic hydroxyl groups is 1. The molecule has 2 fully saturated rings. The Labute approximate surface area is 199 Å². The Balaban J connectivity index is 1.59. The summed E-state index contributed by atoms with van der Waals surface area (Å²) >= 11 is 0. The van der Waals surface area contributed by atoms with Crippen LogP contribution in [-0.4, -0.2) is 88.1 Å². The van der Waals surface area contributed by atoms with E-state index in [0.717, 1.165) is 5.56 Å². The molecule has 1 aromatic carbocycles. The van der Waals surface area contributed by atoms with Crippen LogP contribution in [0, 0.1) is 11.8 Å². The highest BCUT2D eigenvalue weighted by atomic mass is 16.5. The third-order valence-electron chi connectivity index (χ3n) is 7.62. The average molecular weight is 466 g/mol. The van der Waals surface area contributed by atoms with Crippen LogP contribution in [0.1, 0.15) is 18.9 Å². The molecule has 4 heterocycles. The number of rotatable bonds is 5. The van der Waals surface area contributed by atoms with Crippen molar-refractivity contribution in [3.63, 3.8) is 0 Å². The van der Waals surface area contributed by atoms with Crippen LogP contribution in [0.2, 0.25) is 0 Å². The van der Waals surface area contributed by atoms with Crippen molar-refractivity contribution in [2.24, 2.45) is 11.8 Å². The molecule has 8 nitrogen and oxygen atoms in total. The second-order valence-corrected chi connectivity index (χ2v) is 9.83. The van der Waals surface area contributed by atoms with Gasteiger partial charge in [0.25, 0.3) is 0 Å². The predicted molar refractivity (Wildman–Crippen MR) is 124 cm³/mol. The first-order valence-corrected chi connectivity index (χ1v) is 11.9.